The summed E-state index contributed by atoms with van der Waals surface area (Å²) >= 11 is 1.44. The van der Waals surface area contributed by atoms with Crippen LogP contribution in [-0.4, -0.2) is 30.8 Å². The molecule has 114 valence electrons. The van der Waals surface area contributed by atoms with Crippen molar-refractivity contribution in [3.63, 3.8) is 0 Å². The molecule has 0 aliphatic carbocycles. The number of carbonyl (C=O) groups excluding carboxylic acids is 1. The van der Waals surface area contributed by atoms with Crippen molar-refractivity contribution in [1.29, 1.82) is 0 Å². The molecule has 0 radical (unpaired) electrons. The summed E-state index contributed by atoms with van der Waals surface area (Å²) in [6.07, 6.45) is 0. The van der Waals surface area contributed by atoms with Gasteiger partial charge in [-0.3, -0.25) is 4.79 Å². The van der Waals surface area contributed by atoms with Gasteiger partial charge in [0.25, 0.3) is 0 Å². The molecule has 1 aromatic carbocycles. The Bertz CT molecular complexity index is 849. The van der Waals surface area contributed by atoms with E-state index in [1.807, 2.05) is 56.7 Å². The molecule has 1 N–H and O–H groups in total. The zero-order chi connectivity index (χ0) is 15.9. The molecular formula is C16H18N4OS. The number of fused-ring (bicyclic) bond motifs is 1. The second-order valence-corrected chi connectivity index (χ2v) is 6.69. The average molecular weight is 314 g/mol. The van der Waals surface area contributed by atoms with Crippen molar-refractivity contribution in [1.82, 2.24) is 19.7 Å². The fraction of sp³-hybridized carbons (Fsp3) is 0.312. The van der Waals surface area contributed by atoms with Crippen LogP contribution < -0.4 is 0 Å². The standard InChI is InChI=1S/C16H18N4OS/c1-9-14(12-7-5-6-8-13(12)17-9)15(21)10(2)22-16-19-18-11(3)20(16)4/h5-8,10,17H,1-4H3/t10-/m0/s1. The number of aromatic nitrogens is 4. The number of H-pyrrole nitrogens is 1. The van der Waals surface area contributed by atoms with Crippen LogP contribution in [0.1, 0.15) is 28.8 Å². The lowest BCUT2D eigenvalue weighted by molar-refractivity contribution is 0.0995. The molecule has 6 heteroatoms. The molecule has 2 aromatic heterocycles. The molecule has 0 unspecified atom stereocenters. The molecular weight excluding hydrogens is 296 g/mol. The minimum atomic E-state index is -0.222. The maximum Gasteiger partial charge on any atom is 0.191 e. The number of carbonyl (C=O) groups is 1. The molecule has 0 saturated carbocycles. The number of thioether (sulfide) groups is 1. The Morgan fingerprint density at radius 3 is 2.68 bits per heavy atom. The maximum absolute atomic E-state index is 12.9. The quantitative estimate of drug-likeness (QED) is 0.593. The Kier molecular flexibility index (Phi) is 3.78. The van der Waals surface area contributed by atoms with Crippen LogP contribution in [0.15, 0.2) is 29.4 Å². The second kappa shape index (κ2) is 5.61. The van der Waals surface area contributed by atoms with Crippen LogP contribution in [0.3, 0.4) is 0 Å². The van der Waals surface area contributed by atoms with E-state index >= 15 is 0 Å². The van der Waals surface area contributed by atoms with Gasteiger partial charge >= 0.3 is 0 Å². The zero-order valence-electron chi connectivity index (χ0n) is 13.0. The number of benzene rings is 1. The maximum atomic E-state index is 12.9. The summed E-state index contributed by atoms with van der Waals surface area (Å²) in [6, 6.07) is 7.89. The lowest BCUT2D eigenvalue weighted by Crippen LogP contribution is -2.15. The van der Waals surface area contributed by atoms with Gasteiger partial charge in [-0.1, -0.05) is 30.0 Å². The number of aryl methyl sites for hydroxylation is 2. The SMILES string of the molecule is Cc1[nH]c2ccccc2c1C(=O)[C@H](C)Sc1nnc(C)n1C. The summed E-state index contributed by atoms with van der Waals surface area (Å²) in [4.78, 5) is 16.1. The van der Waals surface area contributed by atoms with E-state index in [0.29, 0.717) is 0 Å². The van der Waals surface area contributed by atoms with Gasteiger partial charge in [0.2, 0.25) is 0 Å². The number of aromatic amines is 1. The van der Waals surface area contributed by atoms with Gasteiger partial charge in [-0.15, -0.1) is 10.2 Å². The van der Waals surface area contributed by atoms with Gasteiger partial charge in [-0.05, 0) is 26.8 Å². The number of nitrogens with zero attached hydrogens (tertiary/aromatic N) is 3. The highest BCUT2D eigenvalue weighted by Gasteiger charge is 2.23. The zero-order valence-corrected chi connectivity index (χ0v) is 13.9. The predicted molar refractivity (Wildman–Crippen MR) is 88.4 cm³/mol. The van der Waals surface area contributed by atoms with Crippen LogP contribution in [0.4, 0.5) is 0 Å². The number of rotatable bonds is 4. The molecule has 2 heterocycles. The molecule has 0 spiro atoms. The van der Waals surface area contributed by atoms with Gasteiger partial charge in [0, 0.05) is 29.2 Å². The highest BCUT2D eigenvalue weighted by Crippen LogP contribution is 2.29. The van der Waals surface area contributed by atoms with E-state index in [2.05, 4.69) is 15.2 Å². The minimum Gasteiger partial charge on any atom is -0.358 e. The van der Waals surface area contributed by atoms with Crippen LogP contribution >= 0.6 is 11.8 Å². The van der Waals surface area contributed by atoms with E-state index in [-0.39, 0.29) is 11.0 Å². The number of Topliss-reactive ketones (excluding diaryl/α,β-unsaturated/α-hetero) is 1. The average Bonchev–Trinajstić information content (AvgIpc) is 2.99. The normalized spacial score (nSPS) is 12.7. The van der Waals surface area contributed by atoms with Crippen molar-refractivity contribution >= 4 is 28.4 Å². The third kappa shape index (κ3) is 2.43. The van der Waals surface area contributed by atoms with Gasteiger partial charge in [-0.2, -0.15) is 0 Å². The van der Waals surface area contributed by atoms with E-state index in [0.717, 1.165) is 33.1 Å². The van der Waals surface area contributed by atoms with Crippen molar-refractivity contribution in [2.24, 2.45) is 7.05 Å². The molecule has 0 bridgehead atoms. The predicted octanol–water partition coefficient (Wildman–Crippen LogP) is 3.28. The molecule has 0 fully saturated rings. The number of hydrogen-bond acceptors (Lipinski definition) is 4. The number of nitrogens with one attached hydrogen (secondary N) is 1. The fourth-order valence-corrected chi connectivity index (χ4v) is 3.42. The Hall–Kier alpha value is -2.08. The van der Waals surface area contributed by atoms with E-state index in [4.69, 9.17) is 0 Å². The Balaban J connectivity index is 1.92. The molecule has 3 rings (SSSR count). The molecule has 0 saturated heterocycles. The first-order valence-electron chi connectivity index (χ1n) is 7.13. The molecule has 1 atom stereocenters. The van der Waals surface area contributed by atoms with Crippen molar-refractivity contribution in [3.05, 3.63) is 41.3 Å². The summed E-state index contributed by atoms with van der Waals surface area (Å²) in [5.41, 5.74) is 2.68. The Morgan fingerprint density at radius 2 is 2.00 bits per heavy atom. The summed E-state index contributed by atoms with van der Waals surface area (Å²) in [6.45, 7) is 5.75. The molecule has 0 amide bonds. The van der Waals surface area contributed by atoms with Crippen LogP contribution in [0.25, 0.3) is 10.9 Å². The highest BCUT2D eigenvalue weighted by molar-refractivity contribution is 8.00. The van der Waals surface area contributed by atoms with E-state index < -0.39 is 0 Å². The van der Waals surface area contributed by atoms with Crippen molar-refractivity contribution in [3.8, 4) is 0 Å². The van der Waals surface area contributed by atoms with Crippen LogP contribution in [0.2, 0.25) is 0 Å². The first kappa shape index (κ1) is 14.8. The van der Waals surface area contributed by atoms with Gasteiger partial charge in [-0.25, -0.2) is 0 Å². The minimum absolute atomic E-state index is 0.112. The number of hydrogen-bond donors (Lipinski definition) is 1. The smallest absolute Gasteiger partial charge is 0.191 e. The van der Waals surface area contributed by atoms with Crippen LogP contribution in [-0.2, 0) is 7.05 Å². The van der Waals surface area contributed by atoms with Crippen molar-refractivity contribution in [2.45, 2.75) is 31.2 Å². The molecule has 3 aromatic rings. The van der Waals surface area contributed by atoms with E-state index in [1.165, 1.54) is 11.8 Å². The Morgan fingerprint density at radius 1 is 1.27 bits per heavy atom. The monoisotopic (exact) mass is 314 g/mol. The topological polar surface area (TPSA) is 63.6 Å². The third-order valence-electron chi connectivity index (χ3n) is 3.84. The molecule has 0 aliphatic rings. The number of ketones is 1. The van der Waals surface area contributed by atoms with Gasteiger partial charge in [0.05, 0.1) is 5.25 Å². The van der Waals surface area contributed by atoms with Gasteiger partial charge in [0.15, 0.2) is 10.9 Å². The second-order valence-electron chi connectivity index (χ2n) is 5.38. The first-order valence-corrected chi connectivity index (χ1v) is 8.01. The van der Waals surface area contributed by atoms with Gasteiger partial charge in [0.1, 0.15) is 5.82 Å². The first-order chi connectivity index (χ1) is 10.5. The lowest BCUT2D eigenvalue weighted by Gasteiger charge is -2.10. The summed E-state index contributed by atoms with van der Waals surface area (Å²) < 4.78 is 1.90. The molecule has 22 heavy (non-hydrogen) atoms. The summed E-state index contributed by atoms with van der Waals surface area (Å²) in [5.74, 6) is 0.950. The fourth-order valence-electron chi connectivity index (χ4n) is 2.50. The summed E-state index contributed by atoms with van der Waals surface area (Å²) in [7, 11) is 1.91. The number of para-hydroxylation sites is 1. The van der Waals surface area contributed by atoms with E-state index in [1.54, 1.807) is 0 Å². The van der Waals surface area contributed by atoms with Crippen molar-refractivity contribution in [2.75, 3.05) is 0 Å². The van der Waals surface area contributed by atoms with E-state index in [9.17, 15) is 4.79 Å². The lowest BCUT2D eigenvalue weighted by atomic mass is 10.1. The summed E-state index contributed by atoms with van der Waals surface area (Å²) in [5, 5.41) is 9.67. The van der Waals surface area contributed by atoms with Gasteiger partial charge < -0.3 is 9.55 Å². The van der Waals surface area contributed by atoms with Crippen LogP contribution in [0, 0.1) is 13.8 Å². The molecule has 0 aliphatic heterocycles. The third-order valence-corrected chi connectivity index (χ3v) is 4.98. The van der Waals surface area contributed by atoms with Crippen molar-refractivity contribution < 1.29 is 4.79 Å². The van der Waals surface area contributed by atoms with Crippen LogP contribution in [0.5, 0.6) is 0 Å². The Labute approximate surface area is 133 Å². The largest absolute Gasteiger partial charge is 0.358 e. The molecule has 5 nitrogen and oxygen atoms in total. The highest BCUT2D eigenvalue weighted by atomic mass is 32.2.